The lowest BCUT2D eigenvalue weighted by atomic mass is 9.98. The Morgan fingerprint density at radius 3 is 2.52 bits per heavy atom. The van der Waals surface area contributed by atoms with E-state index in [2.05, 4.69) is 4.72 Å². The zero-order valence-electron chi connectivity index (χ0n) is 12.8. The Kier molecular flexibility index (Phi) is 5.97. The van der Waals surface area contributed by atoms with Gasteiger partial charge in [-0.3, -0.25) is 10.1 Å². The maximum absolute atomic E-state index is 12.6. The highest BCUT2D eigenvalue weighted by Gasteiger charge is 2.44. The molecule has 10 heteroatoms. The molecule has 1 aromatic carbocycles. The van der Waals surface area contributed by atoms with Crippen LogP contribution in [-0.4, -0.2) is 32.5 Å². The van der Waals surface area contributed by atoms with Crippen molar-refractivity contribution >= 4 is 28.1 Å². The highest BCUT2D eigenvalue weighted by atomic mass is 35.5. The zero-order valence-corrected chi connectivity index (χ0v) is 14.4. The van der Waals surface area contributed by atoms with Crippen molar-refractivity contribution in [2.45, 2.75) is 30.2 Å². The van der Waals surface area contributed by atoms with Crippen molar-refractivity contribution in [2.75, 3.05) is 13.7 Å². The number of nitrogens with one attached hydrogen (secondary N) is 1. The molecular weight excluding hydrogens is 346 g/mol. The second-order valence-corrected chi connectivity index (χ2v) is 7.24. The molecule has 8 nitrogen and oxygen atoms in total. The van der Waals surface area contributed by atoms with Crippen LogP contribution < -0.4 is 15.2 Å². The van der Waals surface area contributed by atoms with E-state index in [1.165, 1.54) is 19.2 Å². The van der Waals surface area contributed by atoms with Crippen LogP contribution in [0.15, 0.2) is 23.1 Å². The summed E-state index contributed by atoms with van der Waals surface area (Å²) in [6.45, 7) is 1.85. The molecule has 1 aromatic rings. The molecule has 1 fully saturated rings. The second kappa shape index (κ2) is 7.00. The van der Waals surface area contributed by atoms with Gasteiger partial charge in [0.2, 0.25) is 10.0 Å². The monoisotopic (exact) mass is 365 g/mol. The quantitative estimate of drug-likeness (QED) is 0.556. The minimum absolute atomic E-state index is 0. The summed E-state index contributed by atoms with van der Waals surface area (Å²) < 4.78 is 32.5. The molecule has 1 aliphatic rings. The normalized spacial score (nSPS) is 17.0. The van der Waals surface area contributed by atoms with Crippen molar-refractivity contribution in [1.82, 2.24) is 4.72 Å². The number of nitrogens with zero attached hydrogens (tertiary/aromatic N) is 1. The van der Waals surface area contributed by atoms with Gasteiger partial charge >= 0.3 is 0 Å². The molecule has 3 N–H and O–H groups in total. The van der Waals surface area contributed by atoms with E-state index in [0.717, 1.165) is 18.9 Å². The number of nitrogens with two attached hydrogens (primary N) is 1. The second-order valence-electron chi connectivity index (χ2n) is 5.59. The van der Waals surface area contributed by atoms with E-state index in [0.29, 0.717) is 0 Å². The van der Waals surface area contributed by atoms with Gasteiger partial charge in [0, 0.05) is 12.1 Å². The molecule has 0 bridgehead atoms. The van der Waals surface area contributed by atoms with Crippen LogP contribution in [0.1, 0.15) is 19.8 Å². The molecule has 0 saturated heterocycles. The van der Waals surface area contributed by atoms with E-state index in [9.17, 15) is 18.5 Å². The number of halogens is 1. The van der Waals surface area contributed by atoms with E-state index < -0.39 is 31.1 Å². The molecule has 1 unspecified atom stereocenters. The lowest BCUT2D eigenvalue weighted by Crippen LogP contribution is -2.53. The average Bonchev–Trinajstić information content (AvgIpc) is 3.31. The SMILES string of the molecule is COc1ccc(S(=O)(=O)NC(C)(CN)C2CC2)c([N+](=O)[O-])c1.Cl. The van der Waals surface area contributed by atoms with Crippen molar-refractivity contribution in [3.63, 3.8) is 0 Å². The number of nitro groups is 1. The van der Waals surface area contributed by atoms with Gasteiger partial charge in [-0.15, -0.1) is 12.4 Å². The number of hydrogen-bond acceptors (Lipinski definition) is 6. The van der Waals surface area contributed by atoms with Crippen LogP contribution in [0.25, 0.3) is 0 Å². The number of ether oxygens (including phenoxy) is 1. The summed E-state index contributed by atoms with van der Waals surface area (Å²) >= 11 is 0. The molecule has 130 valence electrons. The first-order valence-corrected chi connectivity index (χ1v) is 8.28. The van der Waals surface area contributed by atoms with Crippen molar-refractivity contribution < 1.29 is 18.1 Å². The third-order valence-electron chi connectivity index (χ3n) is 3.92. The van der Waals surface area contributed by atoms with Crippen LogP contribution >= 0.6 is 12.4 Å². The number of rotatable bonds is 7. The summed E-state index contributed by atoms with van der Waals surface area (Å²) in [4.78, 5) is 10.0. The van der Waals surface area contributed by atoms with Crippen molar-refractivity contribution in [3.05, 3.63) is 28.3 Å². The first-order chi connectivity index (χ1) is 10.2. The molecular formula is C13H20ClN3O5S. The van der Waals surface area contributed by atoms with Gasteiger partial charge in [-0.05, 0) is 37.8 Å². The number of methoxy groups -OCH3 is 1. The molecule has 0 aliphatic heterocycles. The average molecular weight is 366 g/mol. The van der Waals surface area contributed by atoms with Gasteiger partial charge in [-0.1, -0.05) is 0 Å². The molecule has 23 heavy (non-hydrogen) atoms. The third-order valence-corrected chi connectivity index (χ3v) is 5.58. The predicted octanol–water partition coefficient (Wildman–Crippen LogP) is 1.43. The predicted molar refractivity (Wildman–Crippen MR) is 87.4 cm³/mol. The fourth-order valence-corrected chi connectivity index (χ4v) is 4.00. The molecule has 1 saturated carbocycles. The van der Waals surface area contributed by atoms with E-state index in [1.807, 2.05) is 0 Å². The van der Waals surface area contributed by atoms with Gasteiger partial charge in [0.05, 0.1) is 18.1 Å². The lowest BCUT2D eigenvalue weighted by Gasteiger charge is -2.28. The van der Waals surface area contributed by atoms with E-state index in [4.69, 9.17) is 10.5 Å². The minimum atomic E-state index is -4.06. The summed E-state index contributed by atoms with van der Waals surface area (Å²) in [5, 5.41) is 11.2. The van der Waals surface area contributed by atoms with Crippen molar-refractivity contribution in [3.8, 4) is 5.75 Å². The van der Waals surface area contributed by atoms with Gasteiger partial charge in [0.15, 0.2) is 4.90 Å². The largest absolute Gasteiger partial charge is 0.497 e. The first-order valence-electron chi connectivity index (χ1n) is 6.80. The van der Waals surface area contributed by atoms with E-state index in [1.54, 1.807) is 6.92 Å². The van der Waals surface area contributed by atoms with Gasteiger partial charge in [-0.25, -0.2) is 13.1 Å². The maximum atomic E-state index is 12.6. The van der Waals surface area contributed by atoms with Gasteiger partial charge in [0.25, 0.3) is 5.69 Å². The number of nitro benzene ring substituents is 1. The Labute approximate surface area is 141 Å². The van der Waals surface area contributed by atoms with Crippen LogP contribution in [0.2, 0.25) is 0 Å². The molecule has 0 radical (unpaired) electrons. The Hall–Kier alpha value is -1.42. The van der Waals surface area contributed by atoms with Crippen LogP contribution in [-0.2, 0) is 10.0 Å². The molecule has 2 rings (SSSR count). The summed E-state index contributed by atoms with van der Waals surface area (Å²) in [6.07, 6.45) is 1.78. The smallest absolute Gasteiger partial charge is 0.293 e. The van der Waals surface area contributed by atoms with Crippen molar-refractivity contribution in [1.29, 1.82) is 0 Å². The molecule has 1 atom stereocenters. The fourth-order valence-electron chi connectivity index (χ4n) is 2.37. The summed E-state index contributed by atoms with van der Waals surface area (Å²) in [6, 6.07) is 3.63. The lowest BCUT2D eigenvalue weighted by molar-refractivity contribution is -0.387. The van der Waals surface area contributed by atoms with E-state index >= 15 is 0 Å². The zero-order chi connectivity index (χ0) is 16.5. The summed E-state index contributed by atoms with van der Waals surface area (Å²) in [5.74, 6) is 0.374. The first kappa shape index (κ1) is 19.6. The van der Waals surface area contributed by atoms with Crippen LogP contribution in [0.3, 0.4) is 0 Å². The Bertz CT molecular complexity index is 693. The molecule has 0 heterocycles. The summed E-state index contributed by atoms with van der Waals surface area (Å²) in [7, 11) is -2.71. The molecule has 1 aliphatic carbocycles. The Morgan fingerprint density at radius 2 is 2.09 bits per heavy atom. The maximum Gasteiger partial charge on any atom is 0.293 e. The summed E-state index contributed by atoms with van der Waals surface area (Å²) in [5.41, 5.74) is 4.37. The number of hydrogen-bond donors (Lipinski definition) is 2. The fraction of sp³-hybridized carbons (Fsp3) is 0.538. The Balaban J connectivity index is 0.00000264. The molecule has 0 amide bonds. The standard InChI is InChI=1S/C13H19N3O5S.ClH/c1-13(8-14,9-3-4-9)15-22(19,20)12-6-5-10(21-2)7-11(12)16(17)18;/h5-7,9,15H,3-4,8,14H2,1-2H3;1H. The third kappa shape index (κ3) is 4.11. The Morgan fingerprint density at radius 1 is 1.48 bits per heavy atom. The van der Waals surface area contributed by atoms with E-state index in [-0.39, 0.29) is 30.6 Å². The molecule has 0 aromatic heterocycles. The van der Waals surface area contributed by atoms with Crippen LogP contribution in [0.5, 0.6) is 5.75 Å². The van der Waals surface area contributed by atoms with Gasteiger partial charge in [0.1, 0.15) is 5.75 Å². The van der Waals surface area contributed by atoms with Gasteiger partial charge < -0.3 is 10.5 Å². The highest BCUT2D eigenvalue weighted by molar-refractivity contribution is 7.89. The van der Waals surface area contributed by atoms with Crippen LogP contribution in [0.4, 0.5) is 5.69 Å². The topological polar surface area (TPSA) is 125 Å². The number of benzene rings is 1. The molecule has 0 spiro atoms. The number of sulfonamides is 1. The highest BCUT2D eigenvalue weighted by Crippen LogP contribution is 2.40. The van der Waals surface area contributed by atoms with Gasteiger partial charge in [-0.2, -0.15) is 0 Å². The van der Waals surface area contributed by atoms with Crippen LogP contribution in [0, 0.1) is 16.0 Å². The van der Waals surface area contributed by atoms with Crippen molar-refractivity contribution in [2.24, 2.45) is 11.7 Å². The minimum Gasteiger partial charge on any atom is -0.497 e.